The molecule has 3 aromatic rings. The lowest BCUT2D eigenvalue weighted by Crippen LogP contribution is -2.34. The van der Waals surface area contributed by atoms with Crippen molar-refractivity contribution >= 4 is 16.9 Å². The molecule has 0 saturated heterocycles. The zero-order chi connectivity index (χ0) is 17.8. The van der Waals surface area contributed by atoms with Crippen LogP contribution in [0.15, 0.2) is 30.7 Å². The minimum Gasteiger partial charge on any atom is -0.368 e. The molecule has 0 aromatic carbocycles. The monoisotopic (exact) mass is 339 g/mol. The fourth-order valence-electron chi connectivity index (χ4n) is 2.88. The molecule has 0 aliphatic carbocycles. The highest BCUT2D eigenvalue weighted by atomic mass is 15.3. The molecule has 7 nitrogen and oxygen atoms in total. The number of nitrogens with zero attached hydrogens (tertiary/aromatic N) is 6. The summed E-state index contributed by atoms with van der Waals surface area (Å²) in [6.07, 6.45) is 7.61. The Labute approximate surface area is 148 Å². The summed E-state index contributed by atoms with van der Waals surface area (Å²) in [6, 6.07) is 4.29. The topological polar surface area (TPSA) is 71.8 Å². The van der Waals surface area contributed by atoms with Gasteiger partial charge in [0.2, 0.25) is 0 Å². The number of fused-ring (bicyclic) bond motifs is 1. The Morgan fingerprint density at radius 3 is 2.64 bits per heavy atom. The van der Waals surface area contributed by atoms with Gasteiger partial charge in [0.05, 0.1) is 11.6 Å². The van der Waals surface area contributed by atoms with Crippen LogP contribution in [0.1, 0.15) is 19.8 Å². The van der Waals surface area contributed by atoms with Gasteiger partial charge in [-0.05, 0) is 32.6 Å². The van der Waals surface area contributed by atoms with E-state index in [0.717, 1.165) is 41.8 Å². The second-order valence-electron chi connectivity index (χ2n) is 6.42. The quantitative estimate of drug-likeness (QED) is 0.713. The molecule has 3 aromatic heterocycles. The zero-order valence-electron chi connectivity index (χ0n) is 15.3. The number of likely N-dealkylation sites (N-methyl/N-ethyl adjacent to an activating group) is 1. The first-order chi connectivity index (χ1) is 12.1. The average molecular weight is 339 g/mol. The molecule has 0 aliphatic rings. The first kappa shape index (κ1) is 17.3. The summed E-state index contributed by atoms with van der Waals surface area (Å²) in [6.45, 7) is 3.04. The number of rotatable bonds is 7. The van der Waals surface area contributed by atoms with Crippen LogP contribution in [-0.4, -0.2) is 56.3 Å². The van der Waals surface area contributed by atoms with Gasteiger partial charge in [-0.3, -0.25) is 9.67 Å². The minimum atomic E-state index is 0.455. The maximum atomic E-state index is 4.75. The smallest absolute Gasteiger partial charge is 0.164 e. The molecule has 0 amide bonds. The summed E-state index contributed by atoms with van der Waals surface area (Å²) in [5.74, 6) is 1.51. The van der Waals surface area contributed by atoms with Crippen molar-refractivity contribution in [2.75, 3.05) is 26.0 Å². The van der Waals surface area contributed by atoms with Crippen molar-refractivity contribution < 1.29 is 0 Å². The van der Waals surface area contributed by atoms with Crippen LogP contribution in [0.5, 0.6) is 0 Å². The Morgan fingerprint density at radius 2 is 1.96 bits per heavy atom. The van der Waals surface area contributed by atoms with E-state index in [-0.39, 0.29) is 0 Å². The maximum absolute atomic E-state index is 4.75. The van der Waals surface area contributed by atoms with Gasteiger partial charge in [0, 0.05) is 37.6 Å². The molecule has 25 heavy (non-hydrogen) atoms. The van der Waals surface area contributed by atoms with Crippen LogP contribution in [-0.2, 0) is 7.05 Å². The highest BCUT2D eigenvalue weighted by Crippen LogP contribution is 2.24. The number of aryl methyl sites for hydroxylation is 1. The van der Waals surface area contributed by atoms with Crippen LogP contribution in [0.3, 0.4) is 0 Å². The van der Waals surface area contributed by atoms with Crippen molar-refractivity contribution in [3.8, 4) is 11.4 Å². The van der Waals surface area contributed by atoms with Gasteiger partial charge in [0.25, 0.3) is 0 Å². The number of hydrogen-bond donors (Lipinski definition) is 1. The number of aromatic nitrogens is 5. The molecular weight excluding hydrogens is 314 g/mol. The van der Waals surface area contributed by atoms with Crippen LogP contribution in [0.4, 0.5) is 5.82 Å². The second kappa shape index (κ2) is 7.57. The van der Waals surface area contributed by atoms with E-state index in [9.17, 15) is 0 Å². The largest absolute Gasteiger partial charge is 0.368 e. The van der Waals surface area contributed by atoms with Gasteiger partial charge >= 0.3 is 0 Å². The van der Waals surface area contributed by atoms with E-state index in [4.69, 9.17) is 4.98 Å². The number of nitrogens with one attached hydrogen (secondary N) is 1. The molecule has 0 radical (unpaired) electrons. The van der Waals surface area contributed by atoms with Gasteiger partial charge in [-0.15, -0.1) is 0 Å². The first-order valence-electron chi connectivity index (χ1n) is 8.60. The predicted molar refractivity (Wildman–Crippen MR) is 100 cm³/mol. The molecule has 3 rings (SSSR count). The summed E-state index contributed by atoms with van der Waals surface area (Å²) in [4.78, 5) is 15.7. The molecule has 0 saturated carbocycles. The molecule has 0 unspecified atom stereocenters. The molecule has 3 heterocycles. The molecule has 7 heteroatoms. The third-order valence-corrected chi connectivity index (χ3v) is 4.39. The summed E-state index contributed by atoms with van der Waals surface area (Å²) in [5, 5.41) is 8.80. The van der Waals surface area contributed by atoms with Crippen molar-refractivity contribution in [3.05, 3.63) is 30.7 Å². The third-order valence-electron chi connectivity index (χ3n) is 4.39. The lowest BCUT2D eigenvalue weighted by molar-refractivity contribution is 0.288. The van der Waals surface area contributed by atoms with E-state index in [1.165, 1.54) is 0 Å². The van der Waals surface area contributed by atoms with Gasteiger partial charge in [0.1, 0.15) is 5.82 Å². The summed E-state index contributed by atoms with van der Waals surface area (Å²) in [7, 11) is 6.13. The summed E-state index contributed by atoms with van der Waals surface area (Å²) < 4.78 is 1.78. The Kier molecular flexibility index (Phi) is 5.23. The summed E-state index contributed by atoms with van der Waals surface area (Å²) >= 11 is 0. The van der Waals surface area contributed by atoms with Crippen molar-refractivity contribution in [3.63, 3.8) is 0 Å². The van der Waals surface area contributed by atoms with Crippen molar-refractivity contribution in [1.29, 1.82) is 0 Å². The highest BCUT2D eigenvalue weighted by Gasteiger charge is 2.15. The average Bonchev–Trinajstić information content (AvgIpc) is 3.00. The van der Waals surface area contributed by atoms with E-state index in [1.54, 1.807) is 17.1 Å². The van der Waals surface area contributed by atoms with Crippen LogP contribution >= 0.6 is 0 Å². The molecular formula is C18H25N7. The number of pyridine rings is 1. The predicted octanol–water partition coefficient (Wildman–Crippen LogP) is 2.57. The number of hydrogen-bond acceptors (Lipinski definition) is 6. The van der Waals surface area contributed by atoms with Crippen molar-refractivity contribution in [2.45, 2.75) is 25.8 Å². The Balaban J connectivity index is 1.96. The fraction of sp³-hybridized carbons (Fsp3) is 0.444. The Bertz CT molecular complexity index is 826. The summed E-state index contributed by atoms with van der Waals surface area (Å²) in [5.41, 5.74) is 1.76. The Hall–Kier alpha value is -2.54. The van der Waals surface area contributed by atoms with E-state index < -0.39 is 0 Å². The molecule has 0 aliphatic heterocycles. The van der Waals surface area contributed by atoms with Crippen LogP contribution in [0.25, 0.3) is 22.4 Å². The molecule has 1 N–H and O–H groups in total. The van der Waals surface area contributed by atoms with Crippen LogP contribution in [0, 0.1) is 0 Å². The number of anilines is 1. The maximum Gasteiger partial charge on any atom is 0.164 e. The fourth-order valence-corrected chi connectivity index (χ4v) is 2.88. The van der Waals surface area contributed by atoms with E-state index in [1.807, 2.05) is 25.4 Å². The van der Waals surface area contributed by atoms with Crippen molar-refractivity contribution in [2.24, 2.45) is 7.05 Å². The highest BCUT2D eigenvalue weighted by molar-refractivity contribution is 5.88. The lowest BCUT2D eigenvalue weighted by Gasteiger charge is -2.24. The third kappa shape index (κ3) is 3.76. The SMILES string of the molecule is CCC[C@@H](CNc1nc(-c2ccncc2)nc2c1cnn2C)N(C)C. The second-order valence-corrected chi connectivity index (χ2v) is 6.42. The van der Waals surface area contributed by atoms with Crippen molar-refractivity contribution in [1.82, 2.24) is 29.6 Å². The van der Waals surface area contributed by atoms with Gasteiger partial charge in [-0.1, -0.05) is 13.3 Å². The lowest BCUT2D eigenvalue weighted by atomic mass is 10.1. The van der Waals surface area contributed by atoms with E-state index >= 15 is 0 Å². The van der Waals surface area contributed by atoms with E-state index in [2.05, 4.69) is 46.3 Å². The molecule has 0 bridgehead atoms. The van der Waals surface area contributed by atoms with Gasteiger partial charge < -0.3 is 10.2 Å². The van der Waals surface area contributed by atoms with Gasteiger partial charge in [-0.2, -0.15) is 5.10 Å². The first-order valence-corrected chi connectivity index (χ1v) is 8.60. The molecule has 132 valence electrons. The minimum absolute atomic E-state index is 0.455. The molecule has 0 fully saturated rings. The Morgan fingerprint density at radius 1 is 1.20 bits per heavy atom. The zero-order valence-corrected chi connectivity index (χ0v) is 15.3. The van der Waals surface area contributed by atoms with Crippen LogP contribution in [0.2, 0.25) is 0 Å². The molecule has 0 spiro atoms. The normalized spacial score (nSPS) is 12.7. The van der Waals surface area contributed by atoms with Crippen LogP contribution < -0.4 is 5.32 Å². The molecule has 1 atom stereocenters. The van der Waals surface area contributed by atoms with E-state index in [0.29, 0.717) is 11.9 Å². The van der Waals surface area contributed by atoms with Gasteiger partial charge in [-0.25, -0.2) is 9.97 Å². The standard InChI is InChI=1S/C18H25N7/c1-5-6-14(24(2)3)11-20-17-15-12-21-25(4)18(15)23-16(22-17)13-7-9-19-10-8-13/h7-10,12,14H,5-6,11H2,1-4H3,(H,20,22,23)/t14-/m0/s1. The van der Waals surface area contributed by atoms with Gasteiger partial charge in [0.15, 0.2) is 11.5 Å².